The molecule has 5 nitrogen and oxygen atoms in total. The standard InChI is InChI=1S/C15H18N2O3/c1-17(2)10-11-5-3-4-6-13(11)16-9-12-7-8-14(20-12)15(18)19/h3-8,16H,9-10H2,1-2H3,(H,18,19). The van der Waals surface area contributed by atoms with Crippen LogP contribution >= 0.6 is 0 Å². The predicted octanol–water partition coefficient (Wildman–Crippen LogP) is 2.65. The molecule has 1 heterocycles. The number of carboxylic acids is 1. The van der Waals surface area contributed by atoms with Crippen molar-refractivity contribution in [3.05, 3.63) is 53.5 Å². The quantitative estimate of drug-likeness (QED) is 0.847. The van der Waals surface area contributed by atoms with Gasteiger partial charge in [0.1, 0.15) is 5.76 Å². The van der Waals surface area contributed by atoms with Crippen molar-refractivity contribution in [2.75, 3.05) is 19.4 Å². The molecule has 2 rings (SSSR count). The highest BCUT2D eigenvalue weighted by Gasteiger charge is 2.09. The van der Waals surface area contributed by atoms with E-state index in [2.05, 4.69) is 16.3 Å². The van der Waals surface area contributed by atoms with E-state index in [0.29, 0.717) is 12.3 Å². The molecular formula is C15H18N2O3. The summed E-state index contributed by atoms with van der Waals surface area (Å²) in [7, 11) is 4.03. The van der Waals surface area contributed by atoms with Gasteiger partial charge in [0.25, 0.3) is 0 Å². The highest BCUT2D eigenvalue weighted by atomic mass is 16.4. The highest BCUT2D eigenvalue weighted by molar-refractivity contribution is 5.84. The van der Waals surface area contributed by atoms with E-state index in [1.165, 1.54) is 11.6 Å². The van der Waals surface area contributed by atoms with E-state index in [0.717, 1.165) is 12.2 Å². The Bertz CT molecular complexity index is 590. The maximum Gasteiger partial charge on any atom is 0.371 e. The number of para-hydroxylation sites is 1. The van der Waals surface area contributed by atoms with E-state index < -0.39 is 5.97 Å². The summed E-state index contributed by atoms with van der Waals surface area (Å²) < 4.78 is 5.22. The molecule has 0 spiro atoms. The molecule has 1 aromatic carbocycles. The maximum absolute atomic E-state index is 10.7. The Morgan fingerprint density at radius 2 is 2.00 bits per heavy atom. The molecule has 0 atom stereocenters. The van der Waals surface area contributed by atoms with Crippen molar-refractivity contribution in [1.82, 2.24) is 4.90 Å². The van der Waals surface area contributed by atoms with Crippen molar-refractivity contribution in [3.63, 3.8) is 0 Å². The number of furan rings is 1. The lowest BCUT2D eigenvalue weighted by Gasteiger charge is -2.14. The third-order valence-electron chi connectivity index (χ3n) is 2.83. The van der Waals surface area contributed by atoms with Gasteiger partial charge in [0.15, 0.2) is 0 Å². The van der Waals surface area contributed by atoms with Crippen molar-refractivity contribution in [1.29, 1.82) is 0 Å². The number of hydrogen-bond acceptors (Lipinski definition) is 4. The Hall–Kier alpha value is -2.27. The molecule has 0 radical (unpaired) electrons. The Morgan fingerprint density at radius 1 is 1.25 bits per heavy atom. The molecule has 0 aliphatic rings. The molecule has 0 aliphatic heterocycles. The largest absolute Gasteiger partial charge is 0.475 e. The minimum atomic E-state index is -1.05. The molecule has 0 aliphatic carbocycles. The van der Waals surface area contributed by atoms with Gasteiger partial charge < -0.3 is 19.7 Å². The average Bonchev–Trinajstić information content (AvgIpc) is 2.86. The Kier molecular flexibility index (Phi) is 4.42. The van der Waals surface area contributed by atoms with Crippen LogP contribution < -0.4 is 5.32 Å². The van der Waals surface area contributed by atoms with Gasteiger partial charge >= 0.3 is 5.97 Å². The summed E-state index contributed by atoms with van der Waals surface area (Å²) in [4.78, 5) is 12.8. The lowest BCUT2D eigenvalue weighted by atomic mass is 10.1. The van der Waals surface area contributed by atoms with Crippen molar-refractivity contribution < 1.29 is 14.3 Å². The topological polar surface area (TPSA) is 65.7 Å². The van der Waals surface area contributed by atoms with Crippen molar-refractivity contribution in [3.8, 4) is 0 Å². The summed E-state index contributed by atoms with van der Waals surface area (Å²) in [6.07, 6.45) is 0. The summed E-state index contributed by atoms with van der Waals surface area (Å²) >= 11 is 0. The van der Waals surface area contributed by atoms with Gasteiger partial charge in [0.05, 0.1) is 6.54 Å². The Labute approximate surface area is 117 Å². The Morgan fingerprint density at radius 3 is 2.65 bits per heavy atom. The van der Waals surface area contributed by atoms with Crippen molar-refractivity contribution in [2.45, 2.75) is 13.1 Å². The number of anilines is 1. The van der Waals surface area contributed by atoms with Gasteiger partial charge in [0.2, 0.25) is 5.76 Å². The minimum absolute atomic E-state index is 0.0385. The molecule has 0 fully saturated rings. The second-order valence-electron chi connectivity index (χ2n) is 4.82. The van der Waals surface area contributed by atoms with E-state index in [1.807, 2.05) is 32.3 Å². The molecule has 0 bridgehead atoms. The summed E-state index contributed by atoms with van der Waals surface area (Å²) in [5.74, 6) is -0.491. The van der Waals surface area contributed by atoms with Gasteiger partial charge in [0, 0.05) is 12.2 Å². The van der Waals surface area contributed by atoms with Crippen LogP contribution in [0.4, 0.5) is 5.69 Å². The fourth-order valence-corrected chi connectivity index (χ4v) is 1.94. The van der Waals surface area contributed by atoms with Crippen LogP contribution in [0.3, 0.4) is 0 Å². The molecule has 20 heavy (non-hydrogen) atoms. The molecule has 0 unspecified atom stereocenters. The molecule has 0 saturated heterocycles. The molecular weight excluding hydrogens is 256 g/mol. The summed E-state index contributed by atoms with van der Waals surface area (Å²) in [6, 6.07) is 11.2. The van der Waals surface area contributed by atoms with Gasteiger partial charge in [-0.2, -0.15) is 0 Å². The molecule has 0 saturated carbocycles. The zero-order valence-electron chi connectivity index (χ0n) is 11.6. The molecule has 106 valence electrons. The molecule has 5 heteroatoms. The lowest BCUT2D eigenvalue weighted by molar-refractivity contribution is 0.0660. The highest BCUT2D eigenvalue weighted by Crippen LogP contribution is 2.18. The van der Waals surface area contributed by atoms with Gasteiger partial charge in [-0.1, -0.05) is 18.2 Å². The maximum atomic E-state index is 10.7. The van der Waals surface area contributed by atoms with Gasteiger partial charge in [-0.05, 0) is 37.9 Å². The van der Waals surface area contributed by atoms with Gasteiger partial charge in [-0.3, -0.25) is 0 Å². The first kappa shape index (κ1) is 14.1. The number of hydrogen-bond donors (Lipinski definition) is 2. The van der Waals surface area contributed by atoms with Crippen LogP contribution in [-0.4, -0.2) is 30.1 Å². The van der Waals surface area contributed by atoms with Gasteiger partial charge in [-0.25, -0.2) is 4.79 Å². The van der Waals surface area contributed by atoms with Crippen LogP contribution in [0.5, 0.6) is 0 Å². The number of aromatic carboxylic acids is 1. The van der Waals surface area contributed by atoms with Crippen LogP contribution in [0.15, 0.2) is 40.8 Å². The normalized spacial score (nSPS) is 10.8. The summed E-state index contributed by atoms with van der Waals surface area (Å²) in [6.45, 7) is 1.29. The third kappa shape index (κ3) is 3.61. The third-order valence-corrected chi connectivity index (χ3v) is 2.83. The van der Waals surface area contributed by atoms with Crippen LogP contribution in [0.2, 0.25) is 0 Å². The van der Waals surface area contributed by atoms with Crippen molar-refractivity contribution in [2.24, 2.45) is 0 Å². The zero-order chi connectivity index (χ0) is 14.5. The first-order valence-electron chi connectivity index (χ1n) is 6.35. The Balaban J connectivity index is 2.04. The fourth-order valence-electron chi connectivity index (χ4n) is 1.94. The smallest absolute Gasteiger partial charge is 0.371 e. The summed E-state index contributed by atoms with van der Waals surface area (Å²) in [5, 5.41) is 12.1. The second kappa shape index (κ2) is 6.25. The van der Waals surface area contributed by atoms with Gasteiger partial charge in [-0.15, -0.1) is 0 Å². The van der Waals surface area contributed by atoms with Crippen molar-refractivity contribution >= 4 is 11.7 Å². The lowest BCUT2D eigenvalue weighted by Crippen LogP contribution is -2.12. The molecule has 0 amide bonds. The predicted molar refractivity (Wildman–Crippen MR) is 76.8 cm³/mol. The number of rotatable bonds is 6. The van der Waals surface area contributed by atoms with E-state index in [-0.39, 0.29) is 5.76 Å². The molecule has 2 aromatic rings. The second-order valence-corrected chi connectivity index (χ2v) is 4.82. The first-order valence-corrected chi connectivity index (χ1v) is 6.35. The van der Waals surface area contributed by atoms with E-state index >= 15 is 0 Å². The number of nitrogens with one attached hydrogen (secondary N) is 1. The average molecular weight is 274 g/mol. The monoisotopic (exact) mass is 274 g/mol. The van der Waals surface area contributed by atoms with Crippen LogP contribution in [0, 0.1) is 0 Å². The fraction of sp³-hybridized carbons (Fsp3) is 0.267. The van der Waals surface area contributed by atoms with Crippen LogP contribution in [0.25, 0.3) is 0 Å². The number of nitrogens with zero attached hydrogens (tertiary/aromatic N) is 1. The van der Waals surface area contributed by atoms with E-state index in [4.69, 9.17) is 9.52 Å². The molecule has 1 aromatic heterocycles. The van der Waals surface area contributed by atoms with Crippen LogP contribution in [0.1, 0.15) is 21.9 Å². The van der Waals surface area contributed by atoms with E-state index in [1.54, 1.807) is 6.07 Å². The minimum Gasteiger partial charge on any atom is -0.475 e. The first-order chi connectivity index (χ1) is 9.56. The van der Waals surface area contributed by atoms with E-state index in [9.17, 15) is 4.79 Å². The number of carboxylic acid groups (broad SMARTS) is 1. The number of benzene rings is 1. The van der Waals surface area contributed by atoms with Crippen LogP contribution in [-0.2, 0) is 13.1 Å². The SMILES string of the molecule is CN(C)Cc1ccccc1NCc1ccc(C(=O)O)o1. The number of carbonyl (C=O) groups is 1. The zero-order valence-corrected chi connectivity index (χ0v) is 11.6. The molecule has 2 N–H and O–H groups in total. The summed E-state index contributed by atoms with van der Waals surface area (Å²) in [5.41, 5.74) is 2.21.